The Kier molecular flexibility index (Phi) is 9.44. The highest BCUT2D eigenvalue weighted by Crippen LogP contribution is 2.31. The molecular weight excluding hydrogens is 616 g/mol. The Morgan fingerprint density at radius 3 is 2.45 bits per heavy atom. The quantitative estimate of drug-likeness (QED) is 0.135. The van der Waals surface area contributed by atoms with Gasteiger partial charge < -0.3 is 23.7 Å². The van der Waals surface area contributed by atoms with Gasteiger partial charge >= 0.3 is 5.97 Å². The van der Waals surface area contributed by atoms with Gasteiger partial charge in [0.15, 0.2) is 11.5 Å². The summed E-state index contributed by atoms with van der Waals surface area (Å²) in [5.74, 6) is 1.78. The summed E-state index contributed by atoms with van der Waals surface area (Å²) in [6.45, 7) is 4.24. The van der Waals surface area contributed by atoms with Crippen LogP contribution >= 0.6 is 11.3 Å². The van der Waals surface area contributed by atoms with Crippen molar-refractivity contribution in [3.63, 3.8) is 0 Å². The molecule has 3 aromatic carbocycles. The van der Waals surface area contributed by atoms with Crippen molar-refractivity contribution < 1.29 is 28.5 Å². The number of carboxylic acid groups (broad SMARTS) is 1. The Morgan fingerprint density at radius 2 is 1.72 bits per heavy atom. The monoisotopic (exact) mass is 648 g/mol. The van der Waals surface area contributed by atoms with Crippen LogP contribution in [-0.2, 0) is 24.4 Å². The molecule has 0 aliphatic carbocycles. The number of para-hydroxylation sites is 1. The zero-order valence-electron chi connectivity index (χ0n) is 26.0. The zero-order chi connectivity index (χ0) is 32.8. The molecule has 0 unspecified atom stereocenters. The van der Waals surface area contributed by atoms with E-state index in [2.05, 4.69) is 9.97 Å². The highest BCUT2D eigenvalue weighted by Gasteiger charge is 2.15. The molecule has 0 radical (unpaired) electrons. The fourth-order valence-electron chi connectivity index (χ4n) is 4.79. The maximum atomic E-state index is 11.0. The van der Waals surface area contributed by atoms with Gasteiger partial charge in [-0.1, -0.05) is 36.4 Å². The fraction of sp³-hybridized carbons (Fsp3) is 0.167. The minimum absolute atomic E-state index is 0.0403. The Balaban J connectivity index is 1.14. The lowest BCUT2D eigenvalue weighted by Gasteiger charge is -2.12. The second kappa shape index (κ2) is 14.2. The van der Waals surface area contributed by atoms with Gasteiger partial charge in [0.2, 0.25) is 11.8 Å². The van der Waals surface area contributed by atoms with Crippen molar-refractivity contribution in [1.82, 2.24) is 19.7 Å². The number of aromatic nitrogens is 4. The Bertz CT molecular complexity index is 2010. The van der Waals surface area contributed by atoms with Crippen LogP contribution < -0.4 is 14.2 Å². The summed E-state index contributed by atoms with van der Waals surface area (Å²) >= 11 is 1.60. The number of nitrogens with zero attached hydrogens (tertiary/aromatic N) is 4. The molecule has 0 amide bonds. The minimum atomic E-state index is -0.879. The molecule has 0 aliphatic heterocycles. The summed E-state index contributed by atoms with van der Waals surface area (Å²) in [4.78, 5) is 20.1. The SMILES string of the molecule is COc1cc(COc2nn(-c3ccccc3)cc2C=Cc2csc(C)n2)ccc1OCc1nc(-c2ccc(CC(=O)O)cc2)oc1C. The van der Waals surface area contributed by atoms with Crippen LogP contribution in [0.5, 0.6) is 17.4 Å². The Labute approximate surface area is 275 Å². The first kappa shape index (κ1) is 31.3. The number of carbonyl (C=O) groups is 1. The molecule has 10 nitrogen and oxygen atoms in total. The van der Waals surface area contributed by atoms with Gasteiger partial charge in [-0.25, -0.2) is 14.6 Å². The van der Waals surface area contributed by atoms with Crippen LogP contribution in [0.3, 0.4) is 0 Å². The highest BCUT2D eigenvalue weighted by atomic mass is 32.1. The second-order valence-electron chi connectivity index (χ2n) is 10.6. The number of benzene rings is 3. The first-order valence-corrected chi connectivity index (χ1v) is 15.7. The molecule has 47 heavy (non-hydrogen) atoms. The number of aryl methyl sites for hydroxylation is 2. The van der Waals surface area contributed by atoms with E-state index in [-0.39, 0.29) is 19.6 Å². The molecule has 0 saturated carbocycles. The summed E-state index contributed by atoms with van der Waals surface area (Å²) in [7, 11) is 1.59. The van der Waals surface area contributed by atoms with Crippen LogP contribution in [0.2, 0.25) is 0 Å². The highest BCUT2D eigenvalue weighted by molar-refractivity contribution is 7.09. The van der Waals surface area contributed by atoms with Gasteiger partial charge in [0, 0.05) is 17.1 Å². The predicted molar refractivity (Wildman–Crippen MR) is 179 cm³/mol. The summed E-state index contributed by atoms with van der Waals surface area (Å²) in [6.07, 6.45) is 5.81. The number of hydrogen-bond acceptors (Lipinski definition) is 9. The molecule has 0 spiro atoms. The Hall–Kier alpha value is -5.68. The molecule has 238 valence electrons. The third-order valence-electron chi connectivity index (χ3n) is 7.21. The molecular formula is C36H32N4O6S. The van der Waals surface area contributed by atoms with Gasteiger partial charge in [-0.05, 0) is 73.5 Å². The van der Waals surface area contributed by atoms with Gasteiger partial charge in [0.05, 0.1) is 35.5 Å². The summed E-state index contributed by atoms with van der Waals surface area (Å²) in [6, 6.07) is 22.6. The molecule has 11 heteroatoms. The van der Waals surface area contributed by atoms with Crippen LogP contribution in [0, 0.1) is 13.8 Å². The van der Waals surface area contributed by atoms with Crippen molar-refractivity contribution in [1.29, 1.82) is 0 Å². The van der Waals surface area contributed by atoms with Crippen LogP contribution in [-0.4, -0.2) is 37.9 Å². The first-order chi connectivity index (χ1) is 22.8. The summed E-state index contributed by atoms with van der Waals surface area (Å²) in [5, 5.41) is 16.7. The lowest BCUT2D eigenvalue weighted by Crippen LogP contribution is -2.02. The van der Waals surface area contributed by atoms with E-state index in [1.165, 1.54) is 0 Å². The number of hydrogen-bond donors (Lipinski definition) is 1. The maximum Gasteiger partial charge on any atom is 0.307 e. The molecule has 6 rings (SSSR count). The molecule has 3 aromatic heterocycles. The zero-order valence-corrected chi connectivity index (χ0v) is 26.9. The number of rotatable bonds is 13. The summed E-state index contributed by atoms with van der Waals surface area (Å²) in [5.41, 5.74) is 5.61. The van der Waals surface area contributed by atoms with Gasteiger partial charge in [-0.2, -0.15) is 0 Å². The van der Waals surface area contributed by atoms with Gasteiger partial charge in [0.25, 0.3) is 0 Å². The van der Waals surface area contributed by atoms with Crippen LogP contribution in [0.25, 0.3) is 29.3 Å². The largest absolute Gasteiger partial charge is 0.493 e. The maximum absolute atomic E-state index is 11.0. The van der Waals surface area contributed by atoms with E-state index in [0.717, 1.165) is 33.1 Å². The van der Waals surface area contributed by atoms with E-state index >= 15 is 0 Å². The lowest BCUT2D eigenvalue weighted by molar-refractivity contribution is -0.136. The van der Waals surface area contributed by atoms with E-state index in [1.807, 2.05) is 86.1 Å². The van der Waals surface area contributed by atoms with E-state index in [1.54, 1.807) is 47.4 Å². The van der Waals surface area contributed by atoms with Crippen molar-refractivity contribution in [2.24, 2.45) is 0 Å². The molecule has 0 saturated heterocycles. The van der Waals surface area contributed by atoms with Crippen molar-refractivity contribution in [2.45, 2.75) is 33.5 Å². The second-order valence-corrected chi connectivity index (χ2v) is 11.7. The van der Waals surface area contributed by atoms with E-state index < -0.39 is 5.97 Å². The van der Waals surface area contributed by atoms with E-state index in [0.29, 0.717) is 40.3 Å². The predicted octanol–water partition coefficient (Wildman–Crippen LogP) is 7.56. The van der Waals surface area contributed by atoms with E-state index in [9.17, 15) is 4.79 Å². The molecule has 6 aromatic rings. The Morgan fingerprint density at radius 1 is 0.936 bits per heavy atom. The molecule has 0 fully saturated rings. The number of oxazole rings is 1. The minimum Gasteiger partial charge on any atom is -0.493 e. The molecule has 0 bridgehead atoms. The summed E-state index contributed by atoms with van der Waals surface area (Å²) < 4.78 is 25.6. The topological polar surface area (TPSA) is 122 Å². The molecule has 0 aliphatic rings. The standard InChI is InChI=1S/C36H32N4O6S/c1-23-31(38-35(46-23)27-12-9-25(10-13-27)18-34(41)42)21-44-32-16-11-26(17-33(32)43-3)20-45-36-28(14-15-29-22-47-24(2)37-29)19-40(39-36)30-7-5-4-6-8-30/h4-17,19,22H,18,20-21H2,1-3H3,(H,41,42). The molecule has 3 heterocycles. The number of thiazole rings is 1. The van der Waals surface area contributed by atoms with E-state index in [4.69, 9.17) is 28.8 Å². The smallest absolute Gasteiger partial charge is 0.307 e. The molecule has 1 N–H and O–H groups in total. The average molecular weight is 649 g/mol. The fourth-order valence-corrected chi connectivity index (χ4v) is 5.37. The van der Waals surface area contributed by atoms with Crippen LogP contribution in [0.15, 0.2) is 88.8 Å². The van der Waals surface area contributed by atoms with Crippen molar-refractivity contribution in [2.75, 3.05) is 7.11 Å². The number of aliphatic carboxylic acids is 1. The average Bonchev–Trinajstić information content (AvgIpc) is 3.80. The molecule has 0 atom stereocenters. The van der Waals surface area contributed by atoms with Crippen molar-refractivity contribution in [3.8, 4) is 34.5 Å². The van der Waals surface area contributed by atoms with Gasteiger partial charge in [0.1, 0.15) is 24.7 Å². The van der Waals surface area contributed by atoms with Gasteiger partial charge in [-0.3, -0.25) is 4.79 Å². The third-order valence-corrected chi connectivity index (χ3v) is 8.01. The number of methoxy groups -OCH3 is 1. The van der Waals surface area contributed by atoms with Crippen LogP contribution in [0.1, 0.15) is 38.8 Å². The third kappa shape index (κ3) is 7.77. The number of carboxylic acids is 1. The van der Waals surface area contributed by atoms with Crippen LogP contribution in [0.4, 0.5) is 0 Å². The van der Waals surface area contributed by atoms with Crippen molar-refractivity contribution >= 4 is 29.5 Å². The first-order valence-electron chi connectivity index (χ1n) is 14.8. The van der Waals surface area contributed by atoms with Gasteiger partial charge in [-0.15, -0.1) is 16.4 Å². The normalized spacial score (nSPS) is 11.2. The number of ether oxygens (including phenoxy) is 3. The lowest BCUT2D eigenvalue weighted by atomic mass is 10.1. The van der Waals surface area contributed by atoms with Crippen molar-refractivity contribution in [3.05, 3.63) is 123 Å².